The number of primary amides is 1. The van der Waals surface area contributed by atoms with Gasteiger partial charge in [-0.05, 0) is 49.4 Å². The average molecular weight is 330 g/mol. The van der Waals surface area contributed by atoms with E-state index in [4.69, 9.17) is 10.5 Å². The number of nitrogens with zero attached hydrogens (tertiary/aromatic N) is 1. The molecular formula is C20H30N2O2. The molecule has 1 saturated carbocycles. The molecule has 1 amide bonds. The number of carbonyl (C=O) groups excluding carboxylic acids is 1. The van der Waals surface area contributed by atoms with E-state index < -0.39 is 0 Å². The number of carbonyl (C=O) groups is 1. The number of piperidine rings is 1. The van der Waals surface area contributed by atoms with Gasteiger partial charge in [0.2, 0.25) is 5.91 Å². The molecule has 0 radical (unpaired) electrons. The third-order valence-electron chi connectivity index (χ3n) is 5.99. The number of ether oxygens (including phenoxy) is 1. The molecule has 4 nitrogen and oxygen atoms in total. The highest BCUT2D eigenvalue weighted by Crippen LogP contribution is 2.53. The summed E-state index contributed by atoms with van der Waals surface area (Å²) in [5.74, 6) is 1.34. The van der Waals surface area contributed by atoms with Gasteiger partial charge in [-0.15, -0.1) is 0 Å². The van der Waals surface area contributed by atoms with Crippen LogP contribution in [0.2, 0.25) is 0 Å². The predicted molar refractivity (Wildman–Crippen MR) is 95.8 cm³/mol. The molecule has 2 fully saturated rings. The van der Waals surface area contributed by atoms with Gasteiger partial charge in [0.15, 0.2) is 0 Å². The minimum atomic E-state index is -0.371. The fourth-order valence-corrected chi connectivity index (χ4v) is 4.78. The first kappa shape index (κ1) is 17.4. The van der Waals surface area contributed by atoms with Crippen molar-refractivity contribution in [3.05, 3.63) is 35.4 Å². The van der Waals surface area contributed by atoms with Crippen LogP contribution in [0.4, 0.5) is 0 Å². The van der Waals surface area contributed by atoms with Gasteiger partial charge in [0.1, 0.15) is 5.60 Å². The summed E-state index contributed by atoms with van der Waals surface area (Å²) in [4.78, 5) is 14.2. The van der Waals surface area contributed by atoms with Crippen molar-refractivity contribution in [2.75, 3.05) is 26.7 Å². The number of likely N-dealkylation sites (tertiary alicyclic amines) is 1. The molecule has 132 valence electrons. The van der Waals surface area contributed by atoms with Gasteiger partial charge >= 0.3 is 0 Å². The van der Waals surface area contributed by atoms with Crippen LogP contribution in [-0.4, -0.2) is 37.6 Å². The Labute approximate surface area is 145 Å². The summed E-state index contributed by atoms with van der Waals surface area (Å²) < 4.78 is 6.18. The maximum atomic E-state index is 11.6. The van der Waals surface area contributed by atoms with Crippen molar-refractivity contribution in [3.8, 4) is 0 Å². The molecule has 1 saturated heterocycles. The van der Waals surface area contributed by atoms with Crippen LogP contribution >= 0.6 is 0 Å². The lowest BCUT2D eigenvalue weighted by atomic mass is 9.74. The van der Waals surface area contributed by atoms with E-state index in [1.54, 1.807) is 6.07 Å². The summed E-state index contributed by atoms with van der Waals surface area (Å²) in [5, 5.41) is 0. The molecule has 2 atom stereocenters. The molecule has 0 aromatic heterocycles. The van der Waals surface area contributed by atoms with E-state index in [0.717, 1.165) is 24.6 Å². The van der Waals surface area contributed by atoms with Crippen LogP contribution in [0.3, 0.4) is 0 Å². The SMILES string of the molecule is COC1(c2cccc(C(N)=O)c2)C2CCC1CN(CCC(C)C)C2. The summed E-state index contributed by atoms with van der Waals surface area (Å²) in [6.45, 7) is 7.90. The van der Waals surface area contributed by atoms with Gasteiger partial charge in [0.05, 0.1) is 0 Å². The van der Waals surface area contributed by atoms with Crippen molar-refractivity contribution in [3.63, 3.8) is 0 Å². The van der Waals surface area contributed by atoms with Crippen molar-refractivity contribution in [1.29, 1.82) is 0 Å². The average Bonchev–Trinajstić information content (AvgIpc) is 2.76. The quantitative estimate of drug-likeness (QED) is 0.872. The topological polar surface area (TPSA) is 55.6 Å². The van der Waals surface area contributed by atoms with E-state index in [2.05, 4.69) is 24.8 Å². The Bertz CT molecular complexity index is 585. The zero-order valence-corrected chi connectivity index (χ0v) is 15.1. The normalized spacial score (nSPS) is 30.0. The van der Waals surface area contributed by atoms with Crippen molar-refractivity contribution < 1.29 is 9.53 Å². The minimum absolute atomic E-state index is 0.264. The van der Waals surface area contributed by atoms with Crippen LogP contribution in [0.15, 0.2) is 24.3 Å². The van der Waals surface area contributed by atoms with Crippen LogP contribution in [0.5, 0.6) is 0 Å². The number of hydrogen-bond donors (Lipinski definition) is 1. The number of amides is 1. The highest BCUT2D eigenvalue weighted by molar-refractivity contribution is 5.92. The number of benzene rings is 1. The Balaban J connectivity index is 1.86. The molecule has 1 aliphatic heterocycles. The van der Waals surface area contributed by atoms with Crippen molar-refractivity contribution in [1.82, 2.24) is 4.90 Å². The largest absolute Gasteiger partial charge is 0.373 e. The number of hydrogen-bond acceptors (Lipinski definition) is 3. The molecule has 3 rings (SSSR count). The molecular weight excluding hydrogens is 300 g/mol. The number of fused-ring (bicyclic) bond motifs is 2. The van der Waals surface area contributed by atoms with E-state index in [-0.39, 0.29) is 11.5 Å². The van der Waals surface area contributed by atoms with Gasteiger partial charge in [-0.1, -0.05) is 26.0 Å². The van der Waals surface area contributed by atoms with Crippen molar-refractivity contribution in [2.45, 2.75) is 38.7 Å². The fraction of sp³-hybridized carbons (Fsp3) is 0.650. The van der Waals surface area contributed by atoms with Gasteiger partial charge in [-0.2, -0.15) is 0 Å². The van der Waals surface area contributed by atoms with Gasteiger partial charge in [0.25, 0.3) is 0 Å². The highest BCUT2D eigenvalue weighted by atomic mass is 16.5. The maximum Gasteiger partial charge on any atom is 0.248 e. The van der Waals surface area contributed by atoms with E-state index in [9.17, 15) is 4.79 Å². The Kier molecular flexibility index (Phi) is 4.97. The van der Waals surface area contributed by atoms with Gasteiger partial charge < -0.3 is 15.4 Å². The van der Waals surface area contributed by atoms with Gasteiger partial charge in [-0.3, -0.25) is 4.79 Å². The van der Waals surface area contributed by atoms with E-state index in [1.165, 1.54) is 25.8 Å². The van der Waals surface area contributed by atoms with Gasteiger partial charge in [0, 0.05) is 37.6 Å². The fourth-order valence-electron chi connectivity index (χ4n) is 4.78. The highest BCUT2D eigenvalue weighted by Gasteiger charge is 2.55. The molecule has 4 heteroatoms. The molecule has 1 aromatic carbocycles. The molecule has 2 N–H and O–H groups in total. The van der Waals surface area contributed by atoms with Crippen LogP contribution < -0.4 is 5.73 Å². The molecule has 2 unspecified atom stereocenters. The third-order valence-corrected chi connectivity index (χ3v) is 5.99. The second-order valence-corrected chi connectivity index (χ2v) is 7.86. The first-order chi connectivity index (χ1) is 11.5. The summed E-state index contributed by atoms with van der Waals surface area (Å²) in [6, 6.07) is 7.77. The van der Waals surface area contributed by atoms with E-state index in [1.807, 2.05) is 19.2 Å². The van der Waals surface area contributed by atoms with Crippen LogP contribution in [0.25, 0.3) is 0 Å². The van der Waals surface area contributed by atoms with Gasteiger partial charge in [-0.25, -0.2) is 0 Å². The molecule has 2 bridgehead atoms. The molecule has 1 aliphatic carbocycles. The monoisotopic (exact) mass is 330 g/mol. The molecule has 24 heavy (non-hydrogen) atoms. The number of methoxy groups -OCH3 is 1. The molecule has 1 aromatic rings. The van der Waals surface area contributed by atoms with E-state index >= 15 is 0 Å². The first-order valence-corrected chi connectivity index (χ1v) is 9.15. The Hall–Kier alpha value is -1.39. The Morgan fingerprint density at radius 1 is 1.33 bits per heavy atom. The van der Waals surface area contributed by atoms with Crippen LogP contribution in [0.1, 0.15) is 49.0 Å². The summed E-state index contributed by atoms with van der Waals surface area (Å²) in [5.41, 5.74) is 6.92. The third kappa shape index (κ3) is 2.98. The zero-order chi connectivity index (χ0) is 17.3. The summed E-state index contributed by atoms with van der Waals surface area (Å²) in [6.07, 6.45) is 3.63. The molecule has 1 heterocycles. The zero-order valence-electron chi connectivity index (χ0n) is 15.1. The smallest absolute Gasteiger partial charge is 0.248 e. The summed E-state index contributed by atoms with van der Waals surface area (Å²) >= 11 is 0. The Morgan fingerprint density at radius 2 is 2.00 bits per heavy atom. The lowest BCUT2D eigenvalue weighted by molar-refractivity contribution is -0.119. The predicted octanol–water partition coefficient (Wildman–Crippen LogP) is 3.02. The minimum Gasteiger partial charge on any atom is -0.373 e. The lowest BCUT2D eigenvalue weighted by Crippen LogP contribution is -2.53. The Morgan fingerprint density at radius 3 is 2.54 bits per heavy atom. The second-order valence-electron chi connectivity index (χ2n) is 7.86. The van der Waals surface area contributed by atoms with E-state index in [0.29, 0.717) is 17.4 Å². The first-order valence-electron chi connectivity index (χ1n) is 9.15. The lowest BCUT2D eigenvalue weighted by Gasteiger charge is -2.47. The summed E-state index contributed by atoms with van der Waals surface area (Å²) in [7, 11) is 1.83. The number of rotatable bonds is 6. The van der Waals surface area contributed by atoms with Crippen molar-refractivity contribution >= 4 is 5.91 Å². The van der Waals surface area contributed by atoms with Crippen molar-refractivity contribution in [2.24, 2.45) is 23.5 Å². The molecule has 0 spiro atoms. The van der Waals surface area contributed by atoms with Crippen LogP contribution in [0, 0.1) is 17.8 Å². The number of nitrogens with two attached hydrogens (primary N) is 1. The maximum absolute atomic E-state index is 11.6. The molecule has 2 aliphatic rings. The second kappa shape index (κ2) is 6.85. The standard InChI is InChI=1S/C20H30N2O2/c1-14(2)9-10-22-12-17-7-8-18(13-22)20(17,24-3)16-6-4-5-15(11-16)19(21)23/h4-6,11,14,17-18H,7-10,12-13H2,1-3H3,(H2,21,23). The van der Waals surface area contributed by atoms with Crippen LogP contribution in [-0.2, 0) is 10.3 Å².